The van der Waals surface area contributed by atoms with Crippen LogP contribution in [0, 0.1) is 0 Å². The molecule has 2 heterocycles. The lowest BCUT2D eigenvalue weighted by Gasteiger charge is -2.15. The number of ether oxygens (including phenoxy) is 2. The Balaban J connectivity index is 1.99. The van der Waals surface area contributed by atoms with E-state index in [0.717, 1.165) is 6.42 Å². The molecule has 0 radical (unpaired) electrons. The van der Waals surface area contributed by atoms with Gasteiger partial charge in [-0.3, -0.25) is 4.98 Å². The molecule has 0 spiro atoms. The molecule has 2 aromatic rings. The van der Waals surface area contributed by atoms with Crippen molar-refractivity contribution in [1.29, 1.82) is 0 Å². The molecular formula is C15H14ClNO3. The van der Waals surface area contributed by atoms with E-state index >= 15 is 0 Å². The molecule has 5 heteroatoms. The summed E-state index contributed by atoms with van der Waals surface area (Å²) in [6.07, 6.45) is 3.31. The summed E-state index contributed by atoms with van der Waals surface area (Å²) in [5.74, 6) is 1.12. The fraction of sp³-hybridized carbons (Fsp3) is 0.267. The van der Waals surface area contributed by atoms with Crippen LogP contribution in [0.15, 0.2) is 36.7 Å². The second-order valence-corrected chi connectivity index (χ2v) is 4.98. The average molecular weight is 292 g/mol. The number of hydrogen-bond donors (Lipinski definition) is 1. The summed E-state index contributed by atoms with van der Waals surface area (Å²) >= 11 is 6.22. The molecule has 0 amide bonds. The maximum absolute atomic E-state index is 10.4. The lowest BCUT2D eigenvalue weighted by molar-refractivity contribution is 0.219. The van der Waals surface area contributed by atoms with Gasteiger partial charge in [0, 0.05) is 24.4 Å². The molecule has 3 rings (SSSR count). The van der Waals surface area contributed by atoms with Crippen molar-refractivity contribution in [3.8, 4) is 11.5 Å². The Hall–Kier alpha value is -1.78. The Morgan fingerprint density at radius 3 is 2.85 bits per heavy atom. The Bertz CT molecular complexity index is 604. The fourth-order valence-corrected chi connectivity index (χ4v) is 2.41. The van der Waals surface area contributed by atoms with E-state index < -0.39 is 6.10 Å². The van der Waals surface area contributed by atoms with Gasteiger partial charge < -0.3 is 14.6 Å². The number of halogens is 1. The average Bonchev–Trinajstić information content (AvgIpc) is 2.73. The number of aliphatic hydroxyl groups excluding tert-OH is 1. The van der Waals surface area contributed by atoms with Gasteiger partial charge in [-0.1, -0.05) is 17.7 Å². The first kappa shape index (κ1) is 13.2. The largest absolute Gasteiger partial charge is 0.489 e. The van der Waals surface area contributed by atoms with Gasteiger partial charge in [-0.05, 0) is 23.8 Å². The van der Waals surface area contributed by atoms with E-state index in [1.54, 1.807) is 30.6 Å². The minimum absolute atomic E-state index is 0.447. The highest BCUT2D eigenvalue weighted by atomic mass is 35.5. The maximum atomic E-state index is 10.4. The van der Waals surface area contributed by atoms with Gasteiger partial charge in [0.15, 0.2) is 11.5 Å². The van der Waals surface area contributed by atoms with E-state index in [2.05, 4.69) is 4.98 Å². The molecule has 1 aliphatic heterocycles. The van der Waals surface area contributed by atoms with Crippen LogP contribution in [-0.2, 0) is 0 Å². The molecule has 1 N–H and O–H groups in total. The number of benzene rings is 1. The van der Waals surface area contributed by atoms with Gasteiger partial charge in [0.1, 0.15) is 6.10 Å². The first-order valence-corrected chi connectivity index (χ1v) is 6.80. The van der Waals surface area contributed by atoms with Crippen molar-refractivity contribution in [2.45, 2.75) is 12.5 Å². The second kappa shape index (κ2) is 5.69. The van der Waals surface area contributed by atoms with E-state index in [9.17, 15) is 5.11 Å². The quantitative estimate of drug-likeness (QED) is 0.924. The fourth-order valence-electron chi connectivity index (χ4n) is 2.14. The van der Waals surface area contributed by atoms with Crippen LogP contribution in [-0.4, -0.2) is 23.3 Å². The van der Waals surface area contributed by atoms with Crippen LogP contribution in [0.3, 0.4) is 0 Å². The van der Waals surface area contributed by atoms with Crippen molar-refractivity contribution < 1.29 is 14.6 Å². The number of nitrogens with zero attached hydrogens (tertiary/aromatic N) is 1. The van der Waals surface area contributed by atoms with E-state index in [1.807, 2.05) is 6.07 Å². The highest BCUT2D eigenvalue weighted by molar-refractivity contribution is 6.32. The van der Waals surface area contributed by atoms with Crippen LogP contribution < -0.4 is 9.47 Å². The van der Waals surface area contributed by atoms with Crippen molar-refractivity contribution in [3.05, 3.63) is 52.8 Å². The molecule has 0 saturated carbocycles. The van der Waals surface area contributed by atoms with Gasteiger partial charge in [0.25, 0.3) is 0 Å². The van der Waals surface area contributed by atoms with Gasteiger partial charge >= 0.3 is 0 Å². The van der Waals surface area contributed by atoms with Crippen molar-refractivity contribution >= 4 is 11.6 Å². The number of aliphatic hydroxyl groups is 1. The first-order valence-electron chi connectivity index (χ1n) is 6.43. The number of hydrogen-bond acceptors (Lipinski definition) is 4. The normalized spacial score (nSPS) is 15.5. The summed E-state index contributed by atoms with van der Waals surface area (Å²) in [6, 6.07) is 7.06. The monoisotopic (exact) mass is 291 g/mol. The molecule has 0 fully saturated rings. The standard InChI is InChI=1S/C15H14ClNO3/c16-12-7-11(14(18)10-3-1-4-17-9-10)8-13-15(12)20-6-2-5-19-13/h1,3-4,7-9,14,18H,2,5-6H2. The Morgan fingerprint density at radius 2 is 2.05 bits per heavy atom. The first-order chi connectivity index (χ1) is 9.75. The zero-order chi connectivity index (χ0) is 13.9. The SMILES string of the molecule is OC(c1cccnc1)c1cc(Cl)c2c(c1)OCCCO2. The second-order valence-electron chi connectivity index (χ2n) is 4.57. The van der Waals surface area contributed by atoms with Gasteiger partial charge in [0.2, 0.25) is 0 Å². The summed E-state index contributed by atoms with van der Waals surface area (Å²) < 4.78 is 11.2. The topological polar surface area (TPSA) is 51.6 Å². The lowest BCUT2D eigenvalue weighted by atomic mass is 10.0. The molecule has 20 heavy (non-hydrogen) atoms. The molecule has 0 bridgehead atoms. The molecule has 1 aromatic carbocycles. The molecule has 1 atom stereocenters. The van der Waals surface area contributed by atoms with E-state index in [0.29, 0.717) is 40.9 Å². The predicted molar refractivity (Wildman–Crippen MR) is 75.4 cm³/mol. The minimum atomic E-state index is -0.793. The Kier molecular flexibility index (Phi) is 3.76. The maximum Gasteiger partial charge on any atom is 0.179 e. The van der Waals surface area contributed by atoms with Crippen LogP contribution in [0.2, 0.25) is 5.02 Å². The molecule has 0 aliphatic carbocycles. The van der Waals surface area contributed by atoms with Crippen LogP contribution in [0.5, 0.6) is 11.5 Å². The molecule has 4 nitrogen and oxygen atoms in total. The smallest absolute Gasteiger partial charge is 0.179 e. The molecule has 104 valence electrons. The van der Waals surface area contributed by atoms with Crippen LogP contribution in [0.1, 0.15) is 23.7 Å². The molecule has 1 aliphatic rings. The molecular weight excluding hydrogens is 278 g/mol. The van der Waals surface area contributed by atoms with E-state index in [4.69, 9.17) is 21.1 Å². The van der Waals surface area contributed by atoms with E-state index in [1.165, 1.54) is 0 Å². The zero-order valence-corrected chi connectivity index (χ0v) is 11.5. The Morgan fingerprint density at radius 1 is 1.20 bits per heavy atom. The van der Waals surface area contributed by atoms with Crippen molar-refractivity contribution in [2.75, 3.05) is 13.2 Å². The summed E-state index contributed by atoms with van der Waals surface area (Å²) in [4.78, 5) is 4.01. The number of aromatic nitrogens is 1. The lowest BCUT2D eigenvalue weighted by Crippen LogP contribution is -2.02. The number of pyridine rings is 1. The summed E-state index contributed by atoms with van der Waals surface area (Å²) in [5.41, 5.74) is 1.37. The molecule has 0 saturated heterocycles. The summed E-state index contributed by atoms with van der Waals surface area (Å²) in [6.45, 7) is 1.16. The highest BCUT2D eigenvalue weighted by Crippen LogP contribution is 2.40. The zero-order valence-electron chi connectivity index (χ0n) is 10.8. The summed E-state index contributed by atoms with van der Waals surface area (Å²) in [7, 11) is 0. The number of rotatable bonds is 2. The third kappa shape index (κ3) is 2.57. The van der Waals surface area contributed by atoms with Gasteiger partial charge in [-0.25, -0.2) is 0 Å². The predicted octanol–water partition coefficient (Wildman–Crippen LogP) is 2.98. The number of fused-ring (bicyclic) bond motifs is 1. The van der Waals surface area contributed by atoms with Crippen LogP contribution in [0.4, 0.5) is 0 Å². The van der Waals surface area contributed by atoms with Crippen molar-refractivity contribution in [3.63, 3.8) is 0 Å². The third-order valence-corrected chi connectivity index (χ3v) is 3.42. The Labute approximate surface area is 121 Å². The van der Waals surface area contributed by atoms with Gasteiger partial charge in [-0.2, -0.15) is 0 Å². The van der Waals surface area contributed by atoms with Gasteiger partial charge in [-0.15, -0.1) is 0 Å². The van der Waals surface area contributed by atoms with E-state index in [-0.39, 0.29) is 0 Å². The minimum Gasteiger partial charge on any atom is -0.489 e. The summed E-state index contributed by atoms with van der Waals surface area (Å²) in [5, 5.41) is 10.8. The highest BCUT2D eigenvalue weighted by Gasteiger charge is 2.19. The van der Waals surface area contributed by atoms with Crippen LogP contribution in [0.25, 0.3) is 0 Å². The molecule has 1 unspecified atom stereocenters. The molecule has 1 aromatic heterocycles. The van der Waals surface area contributed by atoms with Crippen molar-refractivity contribution in [2.24, 2.45) is 0 Å². The van der Waals surface area contributed by atoms with Crippen molar-refractivity contribution in [1.82, 2.24) is 4.98 Å². The third-order valence-electron chi connectivity index (χ3n) is 3.14. The van der Waals surface area contributed by atoms with Crippen LogP contribution >= 0.6 is 11.6 Å². The van der Waals surface area contributed by atoms with Gasteiger partial charge in [0.05, 0.1) is 18.2 Å².